The van der Waals surface area contributed by atoms with Crippen LogP contribution in [-0.4, -0.2) is 0 Å². The first kappa shape index (κ1) is 21.2. The zero-order valence-electron chi connectivity index (χ0n) is 17.5. The van der Waals surface area contributed by atoms with Crippen LogP contribution in [0.2, 0.25) is 0 Å². The van der Waals surface area contributed by atoms with Gasteiger partial charge in [0.15, 0.2) is 0 Å². The third-order valence-corrected chi connectivity index (χ3v) is 3.71. The quantitative estimate of drug-likeness (QED) is 0.361. The van der Waals surface area contributed by atoms with Gasteiger partial charge in [-0.15, -0.1) is 0 Å². The van der Waals surface area contributed by atoms with Gasteiger partial charge in [-0.2, -0.15) is 0 Å². The summed E-state index contributed by atoms with van der Waals surface area (Å²) in [5, 5.41) is 5.30. The average Bonchev–Trinajstić information content (AvgIpc) is 2.53. The first-order valence-corrected chi connectivity index (χ1v) is 9.38. The molecule has 0 unspecified atom stereocenters. The predicted octanol–water partition coefficient (Wildman–Crippen LogP) is 8.49. The lowest BCUT2D eigenvalue weighted by molar-refractivity contribution is 0.398. The Labute approximate surface area is 155 Å². The maximum absolute atomic E-state index is 2.24. The van der Waals surface area contributed by atoms with Crippen molar-refractivity contribution in [1.82, 2.24) is 0 Å². The highest BCUT2D eigenvalue weighted by Crippen LogP contribution is 2.24. The minimum absolute atomic E-state index is 0.500. The first-order chi connectivity index (χ1) is 11.5. The molecule has 0 nitrogen and oxygen atoms in total. The maximum atomic E-state index is 2.24. The summed E-state index contributed by atoms with van der Waals surface area (Å²) < 4.78 is 0. The van der Waals surface area contributed by atoms with Gasteiger partial charge in [0.2, 0.25) is 0 Å². The van der Waals surface area contributed by atoms with Crippen LogP contribution in [0.4, 0.5) is 0 Å². The SMILES string of the molecule is CC(C)(C)C.CCC(C)(C)C.c1ccc2c(c1)ccc1ccccc12. The van der Waals surface area contributed by atoms with Crippen molar-refractivity contribution < 1.29 is 0 Å². The Bertz CT molecular complexity index is 706. The van der Waals surface area contributed by atoms with Gasteiger partial charge in [-0.25, -0.2) is 0 Å². The van der Waals surface area contributed by atoms with Gasteiger partial charge in [-0.05, 0) is 32.4 Å². The molecule has 0 N–H and O–H groups in total. The fraction of sp³-hybridized carbons (Fsp3) is 0.440. The summed E-state index contributed by atoms with van der Waals surface area (Å²) in [7, 11) is 0. The van der Waals surface area contributed by atoms with E-state index in [4.69, 9.17) is 0 Å². The van der Waals surface area contributed by atoms with Crippen LogP contribution in [-0.2, 0) is 0 Å². The van der Waals surface area contributed by atoms with Crippen molar-refractivity contribution in [3.05, 3.63) is 60.7 Å². The summed E-state index contributed by atoms with van der Waals surface area (Å²) in [4.78, 5) is 0. The highest BCUT2D eigenvalue weighted by Gasteiger charge is 2.03. The lowest BCUT2D eigenvalue weighted by atomic mass is 9.94. The van der Waals surface area contributed by atoms with Crippen molar-refractivity contribution >= 4 is 21.5 Å². The molecule has 0 spiro atoms. The molecule has 3 aromatic rings. The standard InChI is InChI=1S/C14H10.C6H14.C5H12/c1-3-7-13-11(5-1)9-10-12-6-2-4-8-14(12)13;1-5-6(2,3)4;1-5(2,3)4/h1-10H;5H2,1-4H3;1-4H3. The van der Waals surface area contributed by atoms with Crippen LogP contribution in [0.15, 0.2) is 60.7 Å². The van der Waals surface area contributed by atoms with Gasteiger partial charge in [0.1, 0.15) is 0 Å². The second kappa shape index (κ2) is 9.04. The molecule has 0 bridgehead atoms. The molecule has 0 atom stereocenters. The van der Waals surface area contributed by atoms with Gasteiger partial charge in [0.25, 0.3) is 0 Å². The number of benzene rings is 3. The van der Waals surface area contributed by atoms with E-state index in [0.29, 0.717) is 10.8 Å². The van der Waals surface area contributed by atoms with Crippen LogP contribution >= 0.6 is 0 Å². The van der Waals surface area contributed by atoms with E-state index in [0.717, 1.165) is 0 Å². The maximum Gasteiger partial charge on any atom is -0.0105 e. The molecule has 0 aliphatic rings. The fourth-order valence-electron chi connectivity index (χ4n) is 1.95. The molecule has 0 fully saturated rings. The summed E-state index contributed by atoms with van der Waals surface area (Å²) in [6.45, 7) is 17.7. The Morgan fingerprint density at radius 1 is 0.560 bits per heavy atom. The molecule has 0 heteroatoms. The van der Waals surface area contributed by atoms with Crippen LogP contribution in [0, 0.1) is 10.8 Å². The van der Waals surface area contributed by atoms with Crippen LogP contribution < -0.4 is 0 Å². The fourth-order valence-corrected chi connectivity index (χ4v) is 1.95. The van der Waals surface area contributed by atoms with Crippen LogP contribution in [0.1, 0.15) is 61.8 Å². The molecule has 0 heterocycles. The van der Waals surface area contributed by atoms with E-state index >= 15 is 0 Å². The van der Waals surface area contributed by atoms with E-state index in [1.165, 1.54) is 28.0 Å². The first-order valence-electron chi connectivity index (χ1n) is 9.38. The smallest absolute Gasteiger partial charge is 0.0105 e. The zero-order valence-corrected chi connectivity index (χ0v) is 17.5. The Morgan fingerprint density at radius 3 is 1.12 bits per heavy atom. The van der Waals surface area contributed by atoms with Crippen LogP contribution in [0.5, 0.6) is 0 Å². The third kappa shape index (κ3) is 8.72. The van der Waals surface area contributed by atoms with Crippen LogP contribution in [0.25, 0.3) is 21.5 Å². The second-order valence-electron chi connectivity index (χ2n) is 9.42. The zero-order chi connectivity index (χ0) is 19.1. The monoisotopic (exact) mass is 336 g/mol. The largest absolute Gasteiger partial charge is 0.0649 e. The highest BCUT2D eigenvalue weighted by molar-refractivity contribution is 6.07. The van der Waals surface area contributed by atoms with E-state index in [9.17, 15) is 0 Å². The van der Waals surface area contributed by atoms with E-state index in [1.807, 2.05) is 0 Å². The van der Waals surface area contributed by atoms with Gasteiger partial charge < -0.3 is 0 Å². The number of fused-ring (bicyclic) bond motifs is 3. The predicted molar refractivity (Wildman–Crippen MR) is 116 cm³/mol. The summed E-state index contributed by atoms with van der Waals surface area (Å²) in [5.41, 5.74) is 1.04. The summed E-state index contributed by atoms with van der Waals surface area (Å²) in [6, 6.07) is 21.4. The molecule has 0 aliphatic heterocycles. The molecule has 25 heavy (non-hydrogen) atoms. The molecular formula is C25H36. The average molecular weight is 337 g/mol. The van der Waals surface area contributed by atoms with Crippen molar-refractivity contribution in [3.63, 3.8) is 0 Å². The van der Waals surface area contributed by atoms with Crippen molar-refractivity contribution in [1.29, 1.82) is 0 Å². The molecular weight excluding hydrogens is 300 g/mol. The van der Waals surface area contributed by atoms with Gasteiger partial charge in [-0.1, -0.05) is 122 Å². The number of hydrogen-bond donors (Lipinski definition) is 0. The molecule has 3 rings (SSSR count). The van der Waals surface area contributed by atoms with E-state index in [1.54, 1.807) is 0 Å². The Hall–Kier alpha value is -1.82. The lowest BCUT2D eigenvalue weighted by Gasteiger charge is -2.12. The van der Waals surface area contributed by atoms with Crippen molar-refractivity contribution in [3.8, 4) is 0 Å². The minimum Gasteiger partial charge on any atom is -0.0649 e. The molecule has 3 aromatic carbocycles. The van der Waals surface area contributed by atoms with Gasteiger partial charge in [-0.3, -0.25) is 0 Å². The summed E-state index contributed by atoms with van der Waals surface area (Å²) >= 11 is 0. The summed E-state index contributed by atoms with van der Waals surface area (Å²) in [6.07, 6.45) is 1.27. The lowest BCUT2D eigenvalue weighted by Crippen LogP contribution is -2.00. The van der Waals surface area contributed by atoms with Gasteiger partial charge in [0.05, 0.1) is 0 Å². The van der Waals surface area contributed by atoms with Crippen molar-refractivity contribution in [2.75, 3.05) is 0 Å². The van der Waals surface area contributed by atoms with Gasteiger partial charge >= 0.3 is 0 Å². The molecule has 0 aliphatic carbocycles. The van der Waals surface area contributed by atoms with E-state index in [2.05, 4.69) is 116 Å². The van der Waals surface area contributed by atoms with Crippen molar-refractivity contribution in [2.24, 2.45) is 10.8 Å². The second-order valence-corrected chi connectivity index (χ2v) is 9.42. The Kier molecular flexibility index (Phi) is 7.67. The Balaban J connectivity index is 0.000000240. The van der Waals surface area contributed by atoms with E-state index in [-0.39, 0.29) is 0 Å². The van der Waals surface area contributed by atoms with Gasteiger partial charge in [0, 0.05) is 0 Å². The molecule has 136 valence electrons. The van der Waals surface area contributed by atoms with E-state index < -0.39 is 0 Å². The minimum atomic E-state index is 0.500. The topological polar surface area (TPSA) is 0 Å². The molecule has 0 aromatic heterocycles. The Morgan fingerprint density at radius 2 is 0.840 bits per heavy atom. The molecule has 0 saturated carbocycles. The van der Waals surface area contributed by atoms with Crippen molar-refractivity contribution in [2.45, 2.75) is 61.8 Å². The molecule has 0 amide bonds. The molecule has 0 radical (unpaired) electrons. The molecule has 0 saturated heterocycles. The number of rotatable bonds is 0. The number of hydrogen-bond acceptors (Lipinski definition) is 0. The third-order valence-electron chi connectivity index (χ3n) is 3.71. The van der Waals surface area contributed by atoms with Crippen LogP contribution in [0.3, 0.4) is 0 Å². The highest BCUT2D eigenvalue weighted by atomic mass is 14.1. The normalized spacial score (nSPS) is 11.4. The summed E-state index contributed by atoms with van der Waals surface area (Å²) in [5.74, 6) is 0.